The minimum atomic E-state index is -2.21. The Balaban J connectivity index is 0.849. The number of likely N-dealkylation sites (N-methyl/N-ethyl adjacent to an activating group) is 1. The Morgan fingerprint density at radius 3 is 2.47 bits per heavy atom. The number of aromatic hydroxyl groups is 1. The molecule has 64 heavy (non-hydrogen) atoms. The first-order chi connectivity index (χ1) is 30.5. The molecular formula is C49H73N7O7Si. The first kappa shape index (κ1) is 49.1. The van der Waals surface area contributed by atoms with E-state index in [1.54, 1.807) is 34.2 Å². The third-order valence-electron chi connectivity index (χ3n) is 13.6. The largest absolute Gasteiger partial charge is 0.506 e. The number of carbonyl (C=O) groups excluding carboxylic acids is 2. The average Bonchev–Trinajstić information content (AvgIpc) is 4.10. The predicted molar refractivity (Wildman–Crippen MR) is 256 cm³/mol. The van der Waals surface area contributed by atoms with Crippen LogP contribution in [0.5, 0.6) is 5.75 Å². The quantitative estimate of drug-likeness (QED) is 0.0475. The van der Waals surface area contributed by atoms with Crippen LogP contribution in [0.2, 0.25) is 18.1 Å². The number of morpholine rings is 1. The molecule has 1 aliphatic carbocycles. The molecule has 3 heterocycles. The number of pyridine rings is 1. The molecule has 14 nitrogen and oxygen atoms in total. The second-order valence-electron chi connectivity index (χ2n) is 19.5. The van der Waals surface area contributed by atoms with Crippen LogP contribution in [0.3, 0.4) is 0 Å². The fraction of sp³-hybridized carbons (Fsp3) is 0.592. The number of phenolic OH excluding ortho intramolecular Hbond substituents is 1. The van der Waals surface area contributed by atoms with Crippen LogP contribution < -0.4 is 16.2 Å². The van der Waals surface area contributed by atoms with Crippen molar-refractivity contribution in [2.45, 2.75) is 95.6 Å². The molecule has 0 radical (unpaired) electrons. The molecule has 350 valence electrons. The molecule has 0 bridgehead atoms. The van der Waals surface area contributed by atoms with E-state index < -0.39 is 8.32 Å². The number of rotatable bonds is 22. The number of ether oxygens (including phenoxy) is 2. The van der Waals surface area contributed by atoms with Crippen LogP contribution in [-0.4, -0.2) is 142 Å². The number of carbonyl (C=O) groups is 2. The molecule has 2 amide bonds. The molecule has 15 heteroatoms. The molecule has 2 aromatic carbocycles. The summed E-state index contributed by atoms with van der Waals surface area (Å²) < 4.78 is 19.1. The number of hydrogen-bond donors (Lipinski definition) is 5. The Morgan fingerprint density at radius 1 is 1.05 bits per heavy atom. The van der Waals surface area contributed by atoms with Gasteiger partial charge < -0.3 is 49.3 Å². The Bertz CT molecular complexity index is 2120. The van der Waals surface area contributed by atoms with E-state index in [-0.39, 0.29) is 45.6 Å². The summed E-state index contributed by atoms with van der Waals surface area (Å²) >= 11 is 0. The molecule has 3 aromatic rings. The summed E-state index contributed by atoms with van der Waals surface area (Å²) in [6, 6.07) is 15.4. The first-order valence-electron chi connectivity index (χ1n) is 23.3. The summed E-state index contributed by atoms with van der Waals surface area (Å²) in [7, 11) is -0.394. The summed E-state index contributed by atoms with van der Waals surface area (Å²) in [4.78, 5) is 46.8. The molecule has 6 rings (SSSR count). The Labute approximate surface area is 380 Å². The minimum Gasteiger partial charge on any atom is -0.506 e. The monoisotopic (exact) mass is 900 g/mol. The van der Waals surface area contributed by atoms with E-state index in [2.05, 4.69) is 78.6 Å². The summed E-state index contributed by atoms with van der Waals surface area (Å²) in [6.07, 6.45) is 9.33. The Morgan fingerprint density at radius 2 is 1.77 bits per heavy atom. The van der Waals surface area contributed by atoms with Crippen molar-refractivity contribution in [1.82, 2.24) is 30.3 Å². The topological polar surface area (TPSA) is 173 Å². The van der Waals surface area contributed by atoms with Gasteiger partial charge in [0.25, 0.3) is 5.91 Å². The van der Waals surface area contributed by atoms with Crippen LogP contribution in [-0.2, 0) is 36.3 Å². The van der Waals surface area contributed by atoms with Crippen LogP contribution in [0, 0.1) is 11.3 Å². The number of aromatic nitrogens is 1. The van der Waals surface area contributed by atoms with Gasteiger partial charge in [-0.1, -0.05) is 51.1 Å². The van der Waals surface area contributed by atoms with Crippen LogP contribution in [0.1, 0.15) is 75.7 Å². The third kappa shape index (κ3) is 13.8. The zero-order valence-corrected chi connectivity index (χ0v) is 40.1. The van der Waals surface area contributed by atoms with Gasteiger partial charge >= 0.3 is 0 Å². The standard InChI is InChI=1S/C49H73N7O7Si/c1-48(2,3)64(5,6)63-43(39-13-15-42(57)46-40(39)14-16-44(58)53-46)34-52-24-28-54(4)45(59)20-31-61-30-19-37-9-7-36(8-10-37)18-25-55-26-21-49(22-27-55)35-56(29-32-62-49)47(60)41(50)17-23-51-33-38-11-12-38/h7-10,13-17,23,38,43,50-52,57H,11-12,18-22,24-35H2,1-6H3,(H,53,58)/b23-17-,50-41?/t43-/m0/s1. The van der Waals surface area contributed by atoms with Crippen molar-refractivity contribution in [3.63, 3.8) is 0 Å². The fourth-order valence-electron chi connectivity index (χ4n) is 8.14. The molecule has 2 saturated heterocycles. The van der Waals surface area contributed by atoms with Crippen molar-refractivity contribution < 1.29 is 28.6 Å². The van der Waals surface area contributed by atoms with Gasteiger partial charge in [-0.05, 0) is 104 Å². The molecule has 3 aliphatic rings. The van der Waals surface area contributed by atoms with E-state index in [9.17, 15) is 19.5 Å². The van der Waals surface area contributed by atoms with E-state index in [0.29, 0.717) is 64.5 Å². The molecule has 1 aromatic heterocycles. The van der Waals surface area contributed by atoms with Crippen LogP contribution in [0.4, 0.5) is 0 Å². The number of nitrogens with zero attached hydrogens (tertiary/aromatic N) is 3. The number of likely N-dealkylation sites (tertiary alicyclic amines) is 1. The number of amides is 2. The minimum absolute atomic E-state index is 0.0177. The summed E-state index contributed by atoms with van der Waals surface area (Å²) in [5, 5.41) is 26.2. The molecule has 1 saturated carbocycles. The number of aromatic amines is 1. The molecule has 3 fully saturated rings. The lowest BCUT2D eigenvalue weighted by Gasteiger charge is -2.47. The van der Waals surface area contributed by atoms with E-state index in [1.807, 2.05) is 13.1 Å². The van der Waals surface area contributed by atoms with Gasteiger partial charge in [-0.15, -0.1) is 0 Å². The van der Waals surface area contributed by atoms with Crippen molar-refractivity contribution in [3.05, 3.63) is 87.9 Å². The van der Waals surface area contributed by atoms with Gasteiger partial charge in [0.2, 0.25) is 11.5 Å². The highest BCUT2D eigenvalue weighted by Gasteiger charge is 2.42. The molecule has 2 aliphatic heterocycles. The number of fused-ring (bicyclic) bond motifs is 1. The van der Waals surface area contributed by atoms with Crippen LogP contribution >= 0.6 is 0 Å². The van der Waals surface area contributed by atoms with Gasteiger partial charge in [0.1, 0.15) is 11.5 Å². The second kappa shape index (κ2) is 22.2. The van der Waals surface area contributed by atoms with E-state index in [1.165, 1.54) is 30.0 Å². The summed E-state index contributed by atoms with van der Waals surface area (Å²) in [5.41, 5.74) is 3.20. The van der Waals surface area contributed by atoms with Crippen LogP contribution in [0.25, 0.3) is 10.9 Å². The van der Waals surface area contributed by atoms with Gasteiger partial charge in [0.05, 0.1) is 50.0 Å². The highest BCUT2D eigenvalue weighted by Crippen LogP contribution is 2.41. The molecule has 0 unspecified atom stereocenters. The van der Waals surface area contributed by atoms with E-state index in [0.717, 1.165) is 68.7 Å². The highest BCUT2D eigenvalue weighted by atomic mass is 28.4. The van der Waals surface area contributed by atoms with Gasteiger partial charge in [0.15, 0.2) is 8.32 Å². The van der Waals surface area contributed by atoms with Gasteiger partial charge in [-0.25, -0.2) is 0 Å². The maximum atomic E-state index is 13.0. The van der Waals surface area contributed by atoms with Crippen molar-refractivity contribution in [2.75, 3.05) is 85.8 Å². The lowest BCUT2D eigenvalue weighted by Crippen LogP contribution is -2.58. The summed E-state index contributed by atoms with van der Waals surface area (Å²) in [6.45, 7) is 18.8. The van der Waals surface area contributed by atoms with Gasteiger partial charge in [0, 0.05) is 70.9 Å². The van der Waals surface area contributed by atoms with E-state index in [4.69, 9.17) is 19.3 Å². The number of nitrogens with one attached hydrogen (secondary N) is 4. The molecule has 1 spiro atoms. The number of piperidine rings is 1. The smallest absolute Gasteiger partial charge is 0.271 e. The van der Waals surface area contributed by atoms with E-state index >= 15 is 0 Å². The fourth-order valence-corrected chi connectivity index (χ4v) is 9.41. The molecule has 5 N–H and O–H groups in total. The zero-order valence-electron chi connectivity index (χ0n) is 39.1. The number of benzene rings is 2. The lowest BCUT2D eigenvalue weighted by atomic mass is 9.89. The third-order valence-corrected chi connectivity index (χ3v) is 18.1. The van der Waals surface area contributed by atoms with Crippen LogP contribution in [0.15, 0.2) is 65.6 Å². The van der Waals surface area contributed by atoms with Crippen molar-refractivity contribution in [1.29, 1.82) is 5.41 Å². The van der Waals surface area contributed by atoms with Gasteiger partial charge in [-0.2, -0.15) is 0 Å². The normalized spacial score (nSPS) is 17.6. The number of phenols is 1. The van der Waals surface area contributed by atoms with Crippen molar-refractivity contribution in [3.8, 4) is 5.75 Å². The molecule has 1 atom stereocenters. The maximum absolute atomic E-state index is 13.0. The average molecular weight is 900 g/mol. The lowest BCUT2D eigenvalue weighted by molar-refractivity contribution is -0.154. The SMILES string of the molecule is CN(CCNC[C@H](O[Si](C)(C)C(C)(C)C)c1ccc(O)c2[nH]c(=O)ccc12)C(=O)CCOCCc1ccc(CCN2CCC3(CC2)CN(C(=O)C(=N)/C=C\NCC2CC2)CCO3)cc1. The Kier molecular flexibility index (Phi) is 17.0. The van der Waals surface area contributed by atoms with Crippen molar-refractivity contribution >= 4 is 36.7 Å². The zero-order chi connectivity index (χ0) is 45.9. The summed E-state index contributed by atoms with van der Waals surface area (Å²) in [5.74, 6) is 0.564. The highest BCUT2D eigenvalue weighted by molar-refractivity contribution is 6.74. The first-order valence-corrected chi connectivity index (χ1v) is 26.2. The Hall–Kier alpha value is -4.38. The molecular weight excluding hydrogens is 827 g/mol. The van der Waals surface area contributed by atoms with Gasteiger partial charge in [-0.3, -0.25) is 19.8 Å². The number of H-pyrrole nitrogens is 1. The predicted octanol–water partition coefficient (Wildman–Crippen LogP) is 5.76. The second-order valence-corrected chi connectivity index (χ2v) is 24.3. The van der Waals surface area contributed by atoms with Crippen molar-refractivity contribution in [2.24, 2.45) is 5.92 Å². The number of hydrogen-bond acceptors (Lipinski definition) is 11. The maximum Gasteiger partial charge on any atom is 0.271 e.